The van der Waals surface area contributed by atoms with Crippen LogP contribution in [-0.2, 0) is 6.18 Å². The van der Waals surface area contributed by atoms with Crippen molar-refractivity contribution in [2.24, 2.45) is 0 Å². The minimum atomic E-state index is -4.49. The molecule has 0 bridgehead atoms. The second-order valence-electron chi connectivity index (χ2n) is 3.66. The fourth-order valence-corrected chi connectivity index (χ4v) is 1.59. The first-order valence-corrected chi connectivity index (χ1v) is 5.92. The summed E-state index contributed by atoms with van der Waals surface area (Å²) < 4.78 is 43.8. The van der Waals surface area contributed by atoms with Crippen molar-refractivity contribution in [3.63, 3.8) is 0 Å². The first kappa shape index (κ1) is 13.7. The van der Waals surface area contributed by atoms with Crippen LogP contribution in [0.5, 0.6) is 11.5 Å². The summed E-state index contributed by atoms with van der Waals surface area (Å²) in [6.07, 6.45) is -3.82. The number of benzene rings is 1. The first-order valence-electron chi connectivity index (χ1n) is 5.12. The van der Waals surface area contributed by atoms with E-state index < -0.39 is 11.7 Å². The topological polar surface area (TPSA) is 48.1 Å². The first-order chi connectivity index (χ1) is 8.86. The maximum absolute atomic E-state index is 12.5. The van der Waals surface area contributed by atoms with E-state index in [1.165, 1.54) is 0 Å². The number of pyridine rings is 1. The van der Waals surface area contributed by atoms with Gasteiger partial charge in [0, 0.05) is 10.7 Å². The minimum Gasteiger partial charge on any atom is -0.453 e. The van der Waals surface area contributed by atoms with Crippen LogP contribution < -0.4 is 10.5 Å². The third-order valence-electron chi connectivity index (χ3n) is 2.25. The van der Waals surface area contributed by atoms with Gasteiger partial charge in [0.05, 0.1) is 5.56 Å². The number of ether oxygens (including phenoxy) is 1. The zero-order valence-corrected chi connectivity index (χ0v) is 11.0. The van der Waals surface area contributed by atoms with Crippen molar-refractivity contribution >= 4 is 21.7 Å². The highest BCUT2D eigenvalue weighted by Crippen LogP contribution is 2.34. The Morgan fingerprint density at radius 2 is 1.79 bits per heavy atom. The number of alkyl halides is 3. The van der Waals surface area contributed by atoms with E-state index in [4.69, 9.17) is 10.5 Å². The molecule has 100 valence electrons. The summed E-state index contributed by atoms with van der Waals surface area (Å²) in [5.41, 5.74) is 4.59. The molecule has 3 nitrogen and oxygen atoms in total. The predicted molar refractivity (Wildman–Crippen MR) is 67.9 cm³/mol. The lowest BCUT2D eigenvalue weighted by Crippen LogP contribution is -2.07. The van der Waals surface area contributed by atoms with Gasteiger partial charge in [0.15, 0.2) is 11.6 Å². The van der Waals surface area contributed by atoms with E-state index in [0.29, 0.717) is 11.9 Å². The number of anilines is 1. The van der Waals surface area contributed by atoms with Gasteiger partial charge in [-0.25, -0.2) is 4.98 Å². The molecule has 0 aliphatic rings. The SMILES string of the molecule is Nc1ncc(C(F)(F)F)cc1Oc1ccc(Br)cc1. The molecule has 0 amide bonds. The highest BCUT2D eigenvalue weighted by atomic mass is 79.9. The van der Waals surface area contributed by atoms with Crippen LogP contribution >= 0.6 is 15.9 Å². The van der Waals surface area contributed by atoms with Crippen LogP contribution in [0.3, 0.4) is 0 Å². The normalized spacial score (nSPS) is 11.4. The van der Waals surface area contributed by atoms with Gasteiger partial charge < -0.3 is 10.5 Å². The number of rotatable bonds is 2. The summed E-state index contributed by atoms with van der Waals surface area (Å²) in [7, 11) is 0. The van der Waals surface area contributed by atoms with E-state index in [-0.39, 0.29) is 11.6 Å². The molecule has 0 saturated carbocycles. The number of nitrogen functional groups attached to an aromatic ring is 1. The van der Waals surface area contributed by atoms with Crippen LogP contribution in [0.4, 0.5) is 19.0 Å². The molecule has 0 aliphatic carbocycles. The fourth-order valence-electron chi connectivity index (χ4n) is 1.32. The van der Waals surface area contributed by atoms with Crippen molar-refractivity contribution in [3.8, 4) is 11.5 Å². The molecule has 1 heterocycles. The number of nitrogens with zero attached hydrogens (tertiary/aromatic N) is 1. The summed E-state index contributed by atoms with van der Waals surface area (Å²) in [5.74, 6) is 0.143. The van der Waals surface area contributed by atoms with Gasteiger partial charge in [-0.3, -0.25) is 0 Å². The Hall–Kier alpha value is -1.76. The fraction of sp³-hybridized carbons (Fsp3) is 0.0833. The third-order valence-corrected chi connectivity index (χ3v) is 2.78. The van der Waals surface area contributed by atoms with Crippen LogP contribution in [-0.4, -0.2) is 4.98 Å². The van der Waals surface area contributed by atoms with E-state index in [9.17, 15) is 13.2 Å². The Labute approximate surface area is 115 Å². The summed E-state index contributed by atoms with van der Waals surface area (Å²) in [6.45, 7) is 0. The zero-order valence-electron chi connectivity index (χ0n) is 9.41. The highest BCUT2D eigenvalue weighted by molar-refractivity contribution is 9.10. The number of halogens is 4. The molecule has 0 fully saturated rings. The van der Waals surface area contributed by atoms with Crippen molar-refractivity contribution in [1.29, 1.82) is 0 Å². The standard InChI is InChI=1S/C12H8BrF3N2O/c13-8-1-3-9(4-2-8)19-10-5-7(12(14,15)16)6-18-11(10)17/h1-6H,(H2,17,18). The number of hydrogen-bond acceptors (Lipinski definition) is 3. The molecule has 19 heavy (non-hydrogen) atoms. The van der Waals surface area contributed by atoms with Crippen molar-refractivity contribution in [2.75, 3.05) is 5.73 Å². The Morgan fingerprint density at radius 1 is 1.16 bits per heavy atom. The van der Waals surface area contributed by atoms with Crippen molar-refractivity contribution in [3.05, 3.63) is 46.6 Å². The Bertz CT molecular complexity index is 585. The predicted octanol–water partition coefficient (Wildman–Crippen LogP) is 4.24. The zero-order chi connectivity index (χ0) is 14.0. The van der Waals surface area contributed by atoms with Crippen molar-refractivity contribution in [2.45, 2.75) is 6.18 Å². The summed E-state index contributed by atoms with van der Waals surface area (Å²) in [4.78, 5) is 3.48. The van der Waals surface area contributed by atoms with Crippen LogP contribution in [0.1, 0.15) is 5.56 Å². The molecule has 2 aromatic rings. The maximum Gasteiger partial charge on any atom is 0.418 e. The van der Waals surface area contributed by atoms with E-state index in [1.54, 1.807) is 24.3 Å². The summed E-state index contributed by atoms with van der Waals surface area (Å²) in [6, 6.07) is 7.43. The molecule has 1 aromatic heterocycles. The van der Waals surface area contributed by atoms with E-state index >= 15 is 0 Å². The van der Waals surface area contributed by atoms with Crippen LogP contribution in [0.25, 0.3) is 0 Å². The van der Waals surface area contributed by atoms with Gasteiger partial charge in [-0.15, -0.1) is 0 Å². The highest BCUT2D eigenvalue weighted by Gasteiger charge is 2.31. The molecular weight excluding hydrogens is 325 g/mol. The Morgan fingerprint density at radius 3 is 2.37 bits per heavy atom. The molecule has 0 atom stereocenters. The minimum absolute atomic E-state index is 0.101. The molecule has 2 N–H and O–H groups in total. The number of nitrogens with two attached hydrogens (primary N) is 1. The van der Waals surface area contributed by atoms with Gasteiger partial charge in [0.1, 0.15) is 5.75 Å². The lowest BCUT2D eigenvalue weighted by Gasteiger charge is -2.11. The lowest BCUT2D eigenvalue weighted by atomic mass is 10.2. The average Bonchev–Trinajstić information content (AvgIpc) is 2.33. The molecule has 7 heteroatoms. The Balaban J connectivity index is 2.31. The van der Waals surface area contributed by atoms with Gasteiger partial charge in [0.2, 0.25) is 0 Å². The molecule has 0 radical (unpaired) electrons. The quantitative estimate of drug-likeness (QED) is 0.894. The van der Waals surface area contributed by atoms with Crippen molar-refractivity contribution in [1.82, 2.24) is 4.98 Å². The lowest BCUT2D eigenvalue weighted by molar-refractivity contribution is -0.137. The number of hydrogen-bond donors (Lipinski definition) is 1. The second-order valence-corrected chi connectivity index (χ2v) is 4.58. The van der Waals surface area contributed by atoms with Crippen LogP contribution in [0.15, 0.2) is 41.0 Å². The summed E-state index contributed by atoms with van der Waals surface area (Å²) >= 11 is 3.24. The maximum atomic E-state index is 12.5. The molecule has 0 spiro atoms. The van der Waals surface area contributed by atoms with Gasteiger partial charge in [-0.2, -0.15) is 13.2 Å². The van der Waals surface area contributed by atoms with Gasteiger partial charge in [-0.1, -0.05) is 15.9 Å². The largest absolute Gasteiger partial charge is 0.453 e. The Kier molecular flexibility index (Phi) is 3.66. The van der Waals surface area contributed by atoms with E-state index in [1.807, 2.05) is 0 Å². The molecular formula is C12H8BrF3N2O. The molecule has 1 aromatic carbocycles. The van der Waals surface area contributed by atoms with Gasteiger partial charge in [-0.05, 0) is 30.3 Å². The molecule has 2 rings (SSSR count). The van der Waals surface area contributed by atoms with E-state index in [2.05, 4.69) is 20.9 Å². The smallest absolute Gasteiger partial charge is 0.418 e. The van der Waals surface area contributed by atoms with Crippen LogP contribution in [0, 0.1) is 0 Å². The summed E-state index contributed by atoms with van der Waals surface area (Å²) in [5, 5.41) is 0. The van der Waals surface area contributed by atoms with Crippen LogP contribution in [0.2, 0.25) is 0 Å². The van der Waals surface area contributed by atoms with Crippen molar-refractivity contribution < 1.29 is 17.9 Å². The average molecular weight is 333 g/mol. The molecule has 0 aliphatic heterocycles. The van der Waals surface area contributed by atoms with Gasteiger partial charge in [0.25, 0.3) is 0 Å². The monoisotopic (exact) mass is 332 g/mol. The van der Waals surface area contributed by atoms with E-state index in [0.717, 1.165) is 10.5 Å². The second kappa shape index (κ2) is 5.08. The molecule has 0 saturated heterocycles. The molecule has 0 unspecified atom stereocenters. The third kappa shape index (κ3) is 3.37. The number of aromatic nitrogens is 1. The van der Waals surface area contributed by atoms with Gasteiger partial charge >= 0.3 is 6.18 Å².